The molecule has 0 radical (unpaired) electrons. The fourth-order valence-electron chi connectivity index (χ4n) is 4.30. The molecule has 0 unspecified atom stereocenters. The van der Waals surface area contributed by atoms with Crippen LogP contribution in [0.25, 0.3) is 22.0 Å². The van der Waals surface area contributed by atoms with Gasteiger partial charge in [-0.2, -0.15) is 0 Å². The number of carbonyl (C=O) groups is 2. The highest BCUT2D eigenvalue weighted by atomic mass is 127. The molecule has 5 rings (SSSR count). The number of H-pyrrole nitrogens is 1. The third-order valence-electron chi connectivity index (χ3n) is 6.27. The second-order valence-corrected chi connectivity index (χ2v) is 8.94. The molecule has 1 fully saturated rings. The molecular formula is C27H25IN4O4. The highest BCUT2D eigenvalue weighted by Gasteiger charge is 2.24. The van der Waals surface area contributed by atoms with E-state index in [-0.39, 0.29) is 11.9 Å². The minimum Gasteiger partial charge on any atom is -0.378 e. The van der Waals surface area contributed by atoms with Gasteiger partial charge < -0.3 is 14.6 Å². The van der Waals surface area contributed by atoms with Gasteiger partial charge in [-0.05, 0) is 64.5 Å². The number of hydroxylamine groups is 1. The normalized spacial score (nSPS) is 13.5. The fraction of sp³-hybridized carbons (Fsp3) is 0.185. The smallest absolute Gasteiger partial charge is 0.324 e. The summed E-state index contributed by atoms with van der Waals surface area (Å²) in [6, 6.07) is 23.5. The molecule has 3 amide bonds. The lowest BCUT2D eigenvalue weighted by Gasteiger charge is -2.33. The Kier molecular flexibility index (Phi) is 7.49. The molecule has 2 heterocycles. The number of hydrogen-bond donors (Lipinski definition) is 2. The summed E-state index contributed by atoms with van der Waals surface area (Å²) in [6.07, 6.45) is 1.93. The van der Waals surface area contributed by atoms with Crippen molar-refractivity contribution in [2.24, 2.45) is 0 Å². The molecule has 0 atom stereocenters. The van der Waals surface area contributed by atoms with Crippen molar-refractivity contribution in [3.05, 3.63) is 90.1 Å². The number of ether oxygens (including phenoxy) is 1. The number of aromatic nitrogens is 1. The van der Waals surface area contributed by atoms with Crippen LogP contribution >= 0.6 is 23.0 Å². The van der Waals surface area contributed by atoms with Crippen LogP contribution in [0.1, 0.15) is 15.9 Å². The number of aromatic amines is 1. The average Bonchev–Trinajstić information content (AvgIpc) is 3.41. The topological polar surface area (TPSA) is 86.9 Å². The molecule has 0 saturated carbocycles. The number of urea groups is 1. The lowest BCUT2D eigenvalue weighted by molar-refractivity contribution is 0.0548. The maximum Gasteiger partial charge on any atom is 0.324 e. The highest BCUT2D eigenvalue weighted by molar-refractivity contribution is 14.1. The molecular weight excluding hydrogens is 571 g/mol. The number of amides is 3. The second kappa shape index (κ2) is 11.1. The van der Waals surface area contributed by atoms with Gasteiger partial charge in [0.05, 0.1) is 19.8 Å². The van der Waals surface area contributed by atoms with Gasteiger partial charge in [-0.3, -0.25) is 9.69 Å². The van der Waals surface area contributed by atoms with Crippen molar-refractivity contribution < 1.29 is 17.5 Å². The van der Waals surface area contributed by atoms with Crippen LogP contribution in [0.2, 0.25) is 0 Å². The largest absolute Gasteiger partial charge is 0.378 e. The van der Waals surface area contributed by atoms with Crippen molar-refractivity contribution in [2.75, 3.05) is 31.2 Å². The van der Waals surface area contributed by atoms with Crippen LogP contribution in [-0.2, 0) is 14.4 Å². The second-order valence-electron chi connectivity index (χ2n) is 8.50. The molecule has 9 heteroatoms. The summed E-state index contributed by atoms with van der Waals surface area (Å²) in [5.74, 6) is -0.328. The lowest BCUT2D eigenvalue weighted by atomic mass is 10.0. The van der Waals surface area contributed by atoms with Crippen molar-refractivity contribution in [1.82, 2.24) is 15.4 Å². The van der Waals surface area contributed by atoms with E-state index in [9.17, 15) is 9.59 Å². The van der Waals surface area contributed by atoms with Crippen molar-refractivity contribution in [1.29, 1.82) is 0 Å². The molecule has 1 aliphatic rings. The van der Waals surface area contributed by atoms with E-state index in [2.05, 4.69) is 37.9 Å². The number of anilines is 1. The van der Waals surface area contributed by atoms with E-state index in [1.54, 1.807) is 40.0 Å². The van der Waals surface area contributed by atoms with Crippen LogP contribution in [0.15, 0.2) is 79.0 Å². The van der Waals surface area contributed by atoms with Gasteiger partial charge in [0.1, 0.15) is 23.0 Å². The van der Waals surface area contributed by atoms with E-state index in [0.29, 0.717) is 38.4 Å². The minimum absolute atomic E-state index is 0.0695. The van der Waals surface area contributed by atoms with E-state index in [0.717, 1.165) is 33.3 Å². The molecule has 1 saturated heterocycles. The average molecular weight is 596 g/mol. The van der Waals surface area contributed by atoms with Gasteiger partial charge in [0.15, 0.2) is 0 Å². The lowest BCUT2D eigenvalue weighted by Crippen LogP contribution is -2.48. The predicted octanol–water partition coefficient (Wildman–Crippen LogP) is 5.31. The van der Waals surface area contributed by atoms with Crippen LogP contribution in [-0.4, -0.2) is 48.1 Å². The number of nitrogens with one attached hydrogen (secondary N) is 2. The van der Waals surface area contributed by atoms with E-state index >= 15 is 0 Å². The van der Waals surface area contributed by atoms with Crippen molar-refractivity contribution >= 4 is 51.5 Å². The van der Waals surface area contributed by atoms with Crippen molar-refractivity contribution in [3.63, 3.8) is 0 Å². The van der Waals surface area contributed by atoms with Crippen LogP contribution < -0.4 is 10.4 Å². The summed E-state index contributed by atoms with van der Waals surface area (Å²) in [4.78, 5) is 32.3. The van der Waals surface area contributed by atoms with E-state index < -0.39 is 0 Å². The Hall–Kier alpha value is -3.41. The molecule has 0 aliphatic carbocycles. The quantitative estimate of drug-likeness (QED) is 0.234. The van der Waals surface area contributed by atoms with Gasteiger partial charge in [0.25, 0.3) is 5.91 Å². The summed E-state index contributed by atoms with van der Waals surface area (Å²) in [7, 11) is 0. The molecule has 2 N–H and O–H groups in total. The molecule has 0 bridgehead atoms. The molecule has 1 aliphatic heterocycles. The van der Waals surface area contributed by atoms with Gasteiger partial charge >= 0.3 is 6.03 Å². The molecule has 0 spiro atoms. The Bertz CT molecular complexity index is 1350. The number of nitrogens with zero attached hydrogens (tertiary/aromatic N) is 2. The zero-order valence-corrected chi connectivity index (χ0v) is 21.6. The van der Waals surface area contributed by atoms with E-state index in [1.165, 1.54) is 0 Å². The number of halogens is 1. The zero-order chi connectivity index (χ0) is 24.9. The van der Waals surface area contributed by atoms with Gasteiger partial charge in [-0.25, -0.2) is 13.4 Å². The number of hydrogen-bond acceptors (Lipinski definition) is 4. The third-order valence-corrected chi connectivity index (χ3v) is 6.49. The summed E-state index contributed by atoms with van der Waals surface area (Å²) in [5, 5.41) is 1.16. The van der Waals surface area contributed by atoms with Gasteiger partial charge in [0, 0.05) is 36.1 Å². The molecule has 36 heavy (non-hydrogen) atoms. The maximum absolute atomic E-state index is 13.5. The summed E-state index contributed by atoms with van der Waals surface area (Å²) in [6.45, 7) is 2.54. The van der Waals surface area contributed by atoms with Crippen molar-refractivity contribution in [2.45, 2.75) is 6.54 Å². The number of rotatable bonds is 6. The first-order chi connectivity index (χ1) is 17.6. The minimum atomic E-state index is -0.328. The van der Waals surface area contributed by atoms with Crippen LogP contribution in [0.4, 0.5) is 10.5 Å². The fourth-order valence-corrected chi connectivity index (χ4v) is 4.50. The van der Waals surface area contributed by atoms with Crippen LogP contribution in [0.5, 0.6) is 0 Å². The summed E-state index contributed by atoms with van der Waals surface area (Å²) in [5.41, 5.74) is 7.78. The zero-order valence-electron chi connectivity index (χ0n) is 19.4. The maximum atomic E-state index is 13.5. The molecule has 184 valence electrons. The third kappa shape index (κ3) is 5.38. The first-order valence-corrected chi connectivity index (χ1v) is 12.5. The Morgan fingerprint density at radius 3 is 2.42 bits per heavy atom. The number of benzene rings is 3. The number of fused-ring (bicyclic) bond motifs is 1. The monoisotopic (exact) mass is 596 g/mol. The van der Waals surface area contributed by atoms with Crippen molar-refractivity contribution in [3.8, 4) is 11.1 Å². The van der Waals surface area contributed by atoms with Crippen LogP contribution in [0, 0.1) is 0 Å². The first-order valence-electron chi connectivity index (χ1n) is 11.6. The Morgan fingerprint density at radius 1 is 0.972 bits per heavy atom. The molecule has 3 aromatic carbocycles. The van der Waals surface area contributed by atoms with Gasteiger partial charge in [-0.1, -0.05) is 30.3 Å². The predicted molar refractivity (Wildman–Crippen MR) is 147 cm³/mol. The van der Waals surface area contributed by atoms with Gasteiger partial charge in [0.2, 0.25) is 0 Å². The van der Waals surface area contributed by atoms with Gasteiger partial charge in [-0.15, -0.1) is 0 Å². The Labute approximate surface area is 222 Å². The summed E-state index contributed by atoms with van der Waals surface area (Å²) < 4.78 is 10.1. The SMILES string of the molecule is O=C(NOI)c1ccc(CN(C(=O)N2CCOCC2)c2ccc(-c3ccc4[nH]ccc4c3)cc2)cc1. The van der Waals surface area contributed by atoms with E-state index in [4.69, 9.17) is 4.74 Å². The molecule has 8 nitrogen and oxygen atoms in total. The van der Waals surface area contributed by atoms with E-state index in [1.807, 2.05) is 47.5 Å². The number of carbonyl (C=O) groups excluding carboxylic acids is 2. The van der Waals surface area contributed by atoms with Crippen LogP contribution in [0.3, 0.4) is 0 Å². The number of morpholine rings is 1. The Balaban J connectivity index is 1.40. The molecule has 4 aromatic rings. The standard InChI is InChI=1S/C27H25IN4O4/c28-36-30-26(33)21-3-1-19(2-4-21)18-32(27(34)31-13-15-35-16-14-31)24-8-5-20(6-9-24)22-7-10-25-23(17-22)11-12-29-25/h1-12,17,29H,13-16,18H2,(H,30,33). The highest BCUT2D eigenvalue weighted by Crippen LogP contribution is 2.28. The first kappa shape index (κ1) is 24.3. The summed E-state index contributed by atoms with van der Waals surface area (Å²) >= 11 is 1.60. The Morgan fingerprint density at radius 2 is 1.69 bits per heavy atom. The molecule has 1 aromatic heterocycles.